The number of hydrogen-bond acceptors (Lipinski definition) is 5. The van der Waals surface area contributed by atoms with Crippen LogP contribution in [0.1, 0.15) is 24.3 Å². The van der Waals surface area contributed by atoms with E-state index in [9.17, 15) is 4.79 Å². The minimum absolute atomic E-state index is 0.207. The molecule has 94 valence electrons. The van der Waals surface area contributed by atoms with Gasteiger partial charge in [-0.05, 0) is 31.5 Å². The maximum absolute atomic E-state index is 11.4. The lowest BCUT2D eigenvalue weighted by Gasteiger charge is -2.10. The summed E-state index contributed by atoms with van der Waals surface area (Å²) in [5.74, 6) is 0.820. The highest BCUT2D eigenvalue weighted by molar-refractivity contribution is 5.92. The lowest BCUT2D eigenvalue weighted by atomic mass is 10.2. The van der Waals surface area contributed by atoms with E-state index in [1.54, 1.807) is 12.1 Å². The van der Waals surface area contributed by atoms with Crippen LogP contribution in [0.4, 0.5) is 5.82 Å². The molecule has 1 atom stereocenters. The van der Waals surface area contributed by atoms with Crippen molar-refractivity contribution in [2.24, 2.45) is 11.7 Å². The van der Waals surface area contributed by atoms with Crippen molar-refractivity contribution in [2.45, 2.75) is 13.8 Å². The van der Waals surface area contributed by atoms with E-state index in [-0.39, 0.29) is 5.91 Å². The summed E-state index contributed by atoms with van der Waals surface area (Å²) in [4.78, 5) is 11.4. The van der Waals surface area contributed by atoms with E-state index in [4.69, 9.17) is 5.73 Å². The molecule has 4 N–H and O–H groups in total. The maximum atomic E-state index is 11.4. The molecule has 0 aliphatic heterocycles. The third-order valence-corrected chi connectivity index (χ3v) is 2.27. The number of carbonyl (C=O) groups is 1. The van der Waals surface area contributed by atoms with Gasteiger partial charge in [0, 0.05) is 13.1 Å². The highest BCUT2D eigenvalue weighted by Gasteiger charge is 2.06. The van der Waals surface area contributed by atoms with E-state index < -0.39 is 0 Å². The molecular weight excluding hydrogens is 218 g/mol. The zero-order valence-corrected chi connectivity index (χ0v) is 10.2. The first-order chi connectivity index (χ1) is 8.17. The van der Waals surface area contributed by atoms with Crippen molar-refractivity contribution in [2.75, 3.05) is 25.0 Å². The van der Waals surface area contributed by atoms with Crippen molar-refractivity contribution in [1.82, 2.24) is 15.5 Å². The van der Waals surface area contributed by atoms with Crippen LogP contribution in [0.5, 0.6) is 0 Å². The van der Waals surface area contributed by atoms with Crippen LogP contribution >= 0.6 is 0 Å². The molecule has 0 spiro atoms. The highest BCUT2D eigenvalue weighted by Crippen LogP contribution is 2.03. The first-order valence-electron chi connectivity index (χ1n) is 5.73. The van der Waals surface area contributed by atoms with E-state index in [1.807, 2.05) is 13.8 Å². The van der Waals surface area contributed by atoms with Crippen molar-refractivity contribution in [3.05, 3.63) is 17.8 Å². The average Bonchev–Trinajstić information content (AvgIpc) is 2.36. The summed E-state index contributed by atoms with van der Waals surface area (Å²) in [5, 5.41) is 13.5. The first-order valence-corrected chi connectivity index (χ1v) is 5.73. The van der Waals surface area contributed by atoms with Gasteiger partial charge in [-0.3, -0.25) is 4.79 Å². The van der Waals surface area contributed by atoms with Gasteiger partial charge in [0.25, 0.3) is 5.91 Å². The molecule has 0 saturated carbocycles. The standard InChI is InChI=1S/C11H19N5O/c1-3-13-11(17)9-4-5-10(16-15-9)14-7-8(2)6-12/h4-5,8H,3,6-7,12H2,1-2H3,(H,13,17)(H,14,16). The van der Waals surface area contributed by atoms with Crippen LogP contribution in [0.15, 0.2) is 12.1 Å². The van der Waals surface area contributed by atoms with Crippen molar-refractivity contribution < 1.29 is 4.79 Å². The molecule has 17 heavy (non-hydrogen) atoms. The molecule has 0 aliphatic carbocycles. The molecule has 1 heterocycles. The van der Waals surface area contributed by atoms with Crippen molar-refractivity contribution >= 4 is 11.7 Å². The zero-order chi connectivity index (χ0) is 12.7. The predicted octanol–water partition coefficient (Wildman–Crippen LogP) is 0.233. The topological polar surface area (TPSA) is 92.9 Å². The fourth-order valence-electron chi connectivity index (χ4n) is 1.16. The average molecular weight is 237 g/mol. The number of nitrogens with zero attached hydrogens (tertiary/aromatic N) is 2. The largest absolute Gasteiger partial charge is 0.368 e. The SMILES string of the molecule is CCNC(=O)c1ccc(NCC(C)CN)nn1. The number of anilines is 1. The number of amides is 1. The molecule has 0 saturated heterocycles. The Labute approximate surface area is 101 Å². The van der Waals surface area contributed by atoms with E-state index in [0.717, 1.165) is 6.54 Å². The summed E-state index contributed by atoms with van der Waals surface area (Å²) in [7, 11) is 0. The van der Waals surface area contributed by atoms with Gasteiger partial charge in [0.1, 0.15) is 5.82 Å². The number of nitrogens with two attached hydrogens (primary N) is 1. The highest BCUT2D eigenvalue weighted by atomic mass is 16.1. The third-order valence-electron chi connectivity index (χ3n) is 2.27. The Hall–Kier alpha value is -1.69. The molecule has 0 aliphatic rings. The Bertz CT molecular complexity index is 351. The number of nitrogens with one attached hydrogen (secondary N) is 2. The molecule has 0 radical (unpaired) electrons. The normalized spacial score (nSPS) is 11.9. The number of carbonyl (C=O) groups excluding carboxylic acids is 1. The molecule has 0 aromatic carbocycles. The number of aromatic nitrogens is 2. The maximum Gasteiger partial charge on any atom is 0.271 e. The molecule has 1 aromatic heterocycles. The Morgan fingerprint density at radius 2 is 2.24 bits per heavy atom. The van der Waals surface area contributed by atoms with Gasteiger partial charge < -0.3 is 16.4 Å². The zero-order valence-electron chi connectivity index (χ0n) is 10.2. The second-order valence-electron chi connectivity index (χ2n) is 3.89. The van der Waals surface area contributed by atoms with Crippen molar-refractivity contribution in [3.8, 4) is 0 Å². The smallest absolute Gasteiger partial charge is 0.271 e. The molecule has 1 unspecified atom stereocenters. The molecule has 1 rings (SSSR count). The molecular formula is C11H19N5O. The monoisotopic (exact) mass is 237 g/mol. The van der Waals surface area contributed by atoms with Gasteiger partial charge in [0.15, 0.2) is 5.69 Å². The van der Waals surface area contributed by atoms with Gasteiger partial charge >= 0.3 is 0 Å². The van der Waals surface area contributed by atoms with Crippen LogP contribution in [-0.2, 0) is 0 Å². The van der Waals surface area contributed by atoms with Crippen LogP contribution in [0.25, 0.3) is 0 Å². The number of hydrogen-bond donors (Lipinski definition) is 3. The number of rotatable bonds is 6. The molecule has 6 heteroatoms. The van der Waals surface area contributed by atoms with Crippen LogP contribution in [-0.4, -0.2) is 35.7 Å². The summed E-state index contributed by atoms with van der Waals surface area (Å²) in [6, 6.07) is 3.38. The van der Waals surface area contributed by atoms with Gasteiger partial charge in [-0.15, -0.1) is 10.2 Å². The molecule has 1 amide bonds. The fourth-order valence-corrected chi connectivity index (χ4v) is 1.16. The molecule has 0 fully saturated rings. The molecule has 0 bridgehead atoms. The fraction of sp³-hybridized carbons (Fsp3) is 0.545. The van der Waals surface area contributed by atoms with Gasteiger partial charge in [-0.2, -0.15) is 0 Å². The van der Waals surface area contributed by atoms with E-state index in [0.29, 0.717) is 30.5 Å². The van der Waals surface area contributed by atoms with Gasteiger partial charge in [0.05, 0.1) is 0 Å². The van der Waals surface area contributed by atoms with Crippen LogP contribution in [0.2, 0.25) is 0 Å². The summed E-state index contributed by atoms with van der Waals surface area (Å²) in [5.41, 5.74) is 5.83. The van der Waals surface area contributed by atoms with Gasteiger partial charge in [-0.25, -0.2) is 0 Å². The summed E-state index contributed by atoms with van der Waals surface area (Å²) >= 11 is 0. The van der Waals surface area contributed by atoms with E-state index >= 15 is 0 Å². The lowest BCUT2D eigenvalue weighted by Crippen LogP contribution is -2.24. The molecule has 1 aromatic rings. The van der Waals surface area contributed by atoms with Crippen molar-refractivity contribution in [3.63, 3.8) is 0 Å². The second kappa shape index (κ2) is 6.80. The minimum Gasteiger partial charge on any atom is -0.368 e. The van der Waals surface area contributed by atoms with E-state index in [2.05, 4.69) is 20.8 Å². The third kappa shape index (κ3) is 4.36. The Balaban J connectivity index is 2.53. The summed E-state index contributed by atoms with van der Waals surface area (Å²) in [6.45, 7) is 5.84. The predicted molar refractivity (Wildman–Crippen MR) is 66.7 cm³/mol. The summed E-state index contributed by atoms with van der Waals surface area (Å²) < 4.78 is 0. The van der Waals surface area contributed by atoms with Crippen LogP contribution < -0.4 is 16.4 Å². The Morgan fingerprint density at radius 3 is 2.76 bits per heavy atom. The molecule has 6 nitrogen and oxygen atoms in total. The van der Waals surface area contributed by atoms with Crippen LogP contribution in [0.3, 0.4) is 0 Å². The van der Waals surface area contributed by atoms with Crippen molar-refractivity contribution in [1.29, 1.82) is 0 Å². The van der Waals surface area contributed by atoms with E-state index in [1.165, 1.54) is 0 Å². The first kappa shape index (κ1) is 13.4. The lowest BCUT2D eigenvalue weighted by molar-refractivity contribution is 0.0950. The quantitative estimate of drug-likeness (QED) is 0.658. The Morgan fingerprint density at radius 1 is 1.47 bits per heavy atom. The second-order valence-corrected chi connectivity index (χ2v) is 3.89. The minimum atomic E-state index is -0.207. The van der Waals surface area contributed by atoms with Gasteiger partial charge in [0.2, 0.25) is 0 Å². The Kier molecular flexibility index (Phi) is 5.35. The summed E-state index contributed by atoms with van der Waals surface area (Å²) in [6.07, 6.45) is 0. The van der Waals surface area contributed by atoms with Crippen LogP contribution in [0, 0.1) is 5.92 Å². The van der Waals surface area contributed by atoms with Gasteiger partial charge in [-0.1, -0.05) is 6.92 Å².